The zero-order valence-electron chi connectivity index (χ0n) is 27.2. The first kappa shape index (κ1) is 32.2. The number of methoxy groups -OCH3 is 1. The molecular formula is C41H29ClN2O7. The van der Waals surface area contributed by atoms with Gasteiger partial charge in [-0.05, 0) is 76.9 Å². The molecule has 1 aliphatic heterocycles. The smallest absolute Gasteiger partial charge is 0.343 e. The number of hydrazine groups is 1. The Morgan fingerprint density at radius 1 is 0.667 bits per heavy atom. The summed E-state index contributed by atoms with van der Waals surface area (Å²) in [5.74, 6) is -4.65. The summed E-state index contributed by atoms with van der Waals surface area (Å²) >= 11 is 6.45. The monoisotopic (exact) mass is 696 g/mol. The van der Waals surface area contributed by atoms with Gasteiger partial charge < -0.3 is 9.47 Å². The number of amides is 3. The summed E-state index contributed by atoms with van der Waals surface area (Å²) in [6, 6.07) is 34.3. The number of Topliss-reactive ketones (excluding diaryl/α,β-unsaturated/α-hetero) is 1. The number of hydrogen-bond donors (Lipinski definition) is 0. The van der Waals surface area contributed by atoms with E-state index in [1.807, 2.05) is 48.5 Å². The Balaban J connectivity index is 1.11. The molecule has 0 aromatic heterocycles. The molecule has 0 N–H and O–H groups in total. The first-order valence-corrected chi connectivity index (χ1v) is 16.8. The Morgan fingerprint density at radius 3 is 1.76 bits per heavy atom. The lowest BCUT2D eigenvalue weighted by molar-refractivity contribution is -0.154. The van der Waals surface area contributed by atoms with Crippen LogP contribution in [0.3, 0.4) is 0 Å². The fraction of sp³-hybridized carbons (Fsp3) is 0.146. The standard InChI is InChI=1S/C41H29ClN2O7/c1-50-26-10-8-9-24(21-26)41(49)51-25-19-17-23(18-20-25)33(45)22-43(38(46)31-15-6-7-16-32(31)42)44-39(47)36-34-27-11-2-3-12-28(27)35(37(36)40(44)48)30-14-5-4-13-29(30)34/h2-21,34-37H,22H2,1H3/t34?,35?,36-,37-/m1/s1. The van der Waals surface area contributed by atoms with Crippen molar-refractivity contribution < 1.29 is 33.4 Å². The minimum atomic E-state index is -0.763. The van der Waals surface area contributed by atoms with E-state index in [-0.39, 0.29) is 27.5 Å². The molecule has 9 rings (SSSR count). The average molecular weight is 697 g/mol. The summed E-state index contributed by atoms with van der Waals surface area (Å²) in [5.41, 5.74) is 4.43. The second-order valence-corrected chi connectivity index (χ2v) is 13.1. The average Bonchev–Trinajstić information content (AvgIpc) is 3.43. The fourth-order valence-electron chi connectivity index (χ4n) is 7.76. The van der Waals surface area contributed by atoms with Gasteiger partial charge in [0.05, 0.1) is 35.1 Å². The minimum absolute atomic E-state index is 0.0387. The first-order valence-electron chi connectivity index (χ1n) is 16.4. The molecule has 1 heterocycles. The molecule has 51 heavy (non-hydrogen) atoms. The van der Waals surface area contributed by atoms with E-state index in [2.05, 4.69) is 0 Å². The minimum Gasteiger partial charge on any atom is -0.497 e. The molecule has 1 saturated heterocycles. The number of imide groups is 1. The van der Waals surface area contributed by atoms with Crippen LogP contribution in [0.5, 0.6) is 11.5 Å². The van der Waals surface area contributed by atoms with Crippen molar-refractivity contribution in [2.24, 2.45) is 11.8 Å². The molecule has 0 spiro atoms. The van der Waals surface area contributed by atoms with E-state index < -0.39 is 59.7 Å². The van der Waals surface area contributed by atoms with Crippen LogP contribution in [-0.4, -0.2) is 53.1 Å². The van der Waals surface area contributed by atoms with Crippen molar-refractivity contribution in [2.45, 2.75) is 11.8 Å². The quantitative estimate of drug-likeness (QED) is 0.0769. The van der Waals surface area contributed by atoms with E-state index in [9.17, 15) is 24.0 Å². The van der Waals surface area contributed by atoms with E-state index in [0.717, 1.165) is 32.3 Å². The molecule has 2 bridgehead atoms. The maximum atomic E-state index is 14.6. The predicted octanol–water partition coefficient (Wildman–Crippen LogP) is 6.70. The number of carbonyl (C=O) groups is 5. The SMILES string of the molecule is COc1cccc(C(=O)Oc2ccc(C(=O)CN(C(=O)c3ccccc3Cl)N3C(=O)[C@@H]4C5c6ccccc6C(c6ccccc65)[C@H]4C3=O)cc2)c1. The predicted molar refractivity (Wildman–Crippen MR) is 187 cm³/mol. The second-order valence-electron chi connectivity index (χ2n) is 12.7. The van der Waals surface area contributed by atoms with Gasteiger partial charge in [0.15, 0.2) is 5.78 Å². The summed E-state index contributed by atoms with van der Waals surface area (Å²) in [6.45, 7) is -0.626. The van der Waals surface area contributed by atoms with Gasteiger partial charge in [-0.15, -0.1) is 0 Å². The van der Waals surface area contributed by atoms with Crippen LogP contribution in [0.25, 0.3) is 0 Å². The molecule has 252 valence electrons. The van der Waals surface area contributed by atoms with Crippen LogP contribution in [0, 0.1) is 11.8 Å². The maximum absolute atomic E-state index is 14.6. The van der Waals surface area contributed by atoms with E-state index in [4.69, 9.17) is 21.1 Å². The van der Waals surface area contributed by atoms with Gasteiger partial charge in [-0.1, -0.05) is 78.3 Å². The summed E-state index contributed by atoms with van der Waals surface area (Å²) in [7, 11) is 1.49. The highest BCUT2D eigenvalue weighted by Gasteiger charge is 2.63. The van der Waals surface area contributed by atoms with Crippen LogP contribution in [0.4, 0.5) is 0 Å². The first-order chi connectivity index (χ1) is 24.8. The summed E-state index contributed by atoms with van der Waals surface area (Å²) in [4.78, 5) is 70.0. The number of rotatable bonds is 8. The number of nitrogens with zero attached hydrogens (tertiary/aromatic N) is 2. The van der Waals surface area contributed by atoms with Crippen LogP contribution in [0.2, 0.25) is 5.02 Å². The summed E-state index contributed by atoms with van der Waals surface area (Å²) in [5, 5.41) is 1.91. The van der Waals surface area contributed by atoms with Gasteiger partial charge in [-0.25, -0.2) is 9.80 Å². The highest BCUT2D eigenvalue weighted by atomic mass is 35.5. The van der Waals surface area contributed by atoms with E-state index >= 15 is 0 Å². The number of benzene rings is 5. The Kier molecular flexibility index (Phi) is 8.00. The third kappa shape index (κ3) is 5.28. The van der Waals surface area contributed by atoms with Gasteiger partial charge >= 0.3 is 5.97 Å². The molecule has 10 heteroatoms. The molecule has 5 aromatic carbocycles. The topological polar surface area (TPSA) is 110 Å². The molecule has 3 amide bonds. The second kappa shape index (κ2) is 12.7. The molecule has 2 atom stereocenters. The molecule has 0 radical (unpaired) electrons. The van der Waals surface area contributed by atoms with Crippen molar-refractivity contribution in [2.75, 3.05) is 13.7 Å². The zero-order chi connectivity index (χ0) is 35.4. The van der Waals surface area contributed by atoms with Crippen molar-refractivity contribution in [3.63, 3.8) is 0 Å². The third-order valence-corrected chi connectivity index (χ3v) is 10.3. The normalized spacial score (nSPS) is 19.5. The molecule has 0 saturated carbocycles. The van der Waals surface area contributed by atoms with E-state index in [1.165, 1.54) is 43.5 Å². The van der Waals surface area contributed by atoms with Crippen LogP contribution in [0.15, 0.2) is 121 Å². The molecule has 1 fully saturated rings. The van der Waals surface area contributed by atoms with Crippen LogP contribution in [0.1, 0.15) is 65.2 Å². The van der Waals surface area contributed by atoms with Gasteiger partial charge in [0.1, 0.15) is 18.0 Å². The van der Waals surface area contributed by atoms with Crippen molar-refractivity contribution in [3.05, 3.63) is 165 Å². The van der Waals surface area contributed by atoms with Crippen LogP contribution >= 0.6 is 11.6 Å². The molecule has 3 aliphatic carbocycles. The zero-order valence-corrected chi connectivity index (χ0v) is 27.9. The van der Waals surface area contributed by atoms with Gasteiger partial charge in [0, 0.05) is 17.4 Å². The van der Waals surface area contributed by atoms with Crippen LogP contribution < -0.4 is 9.47 Å². The number of ether oxygens (including phenoxy) is 2. The summed E-state index contributed by atoms with van der Waals surface area (Å²) < 4.78 is 10.7. The van der Waals surface area contributed by atoms with Gasteiger partial charge in [-0.2, -0.15) is 5.01 Å². The summed E-state index contributed by atoms with van der Waals surface area (Å²) in [6.07, 6.45) is 0. The number of halogens is 1. The van der Waals surface area contributed by atoms with E-state index in [1.54, 1.807) is 36.4 Å². The van der Waals surface area contributed by atoms with Crippen molar-refractivity contribution in [1.29, 1.82) is 0 Å². The number of esters is 1. The Bertz CT molecular complexity index is 2150. The lowest BCUT2D eigenvalue weighted by atomic mass is 9.55. The Morgan fingerprint density at radius 2 is 1.22 bits per heavy atom. The number of carbonyl (C=O) groups excluding carboxylic acids is 5. The molecule has 4 aliphatic rings. The van der Waals surface area contributed by atoms with Crippen molar-refractivity contribution in [1.82, 2.24) is 10.0 Å². The fourth-order valence-corrected chi connectivity index (χ4v) is 7.98. The third-order valence-electron chi connectivity index (χ3n) is 9.99. The van der Waals surface area contributed by atoms with Crippen LogP contribution in [-0.2, 0) is 9.59 Å². The lowest BCUT2D eigenvalue weighted by Gasteiger charge is -2.45. The molecule has 9 nitrogen and oxygen atoms in total. The molecule has 5 aromatic rings. The maximum Gasteiger partial charge on any atom is 0.343 e. The Labute approximate surface area is 297 Å². The molecular weight excluding hydrogens is 668 g/mol. The largest absolute Gasteiger partial charge is 0.497 e. The van der Waals surface area contributed by atoms with Gasteiger partial charge in [0.2, 0.25) is 0 Å². The number of ketones is 1. The van der Waals surface area contributed by atoms with E-state index in [0.29, 0.717) is 5.75 Å². The van der Waals surface area contributed by atoms with Gasteiger partial charge in [0.25, 0.3) is 17.7 Å². The van der Waals surface area contributed by atoms with Crippen molar-refractivity contribution >= 4 is 41.1 Å². The van der Waals surface area contributed by atoms with Crippen molar-refractivity contribution in [3.8, 4) is 11.5 Å². The Hall–Kier alpha value is -6.06. The highest BCUT2D eigenvalue weighted by Crippen LogP contribution is 2.61. The highest BCUT2D eigenvalue weighted by molar-refractivity contribution is 6.34. The van der Waals surface area contributed by atoms with Gasteiger partial charge in [-0.3, -0.25) is 19.2 Å². The molecule has 0 unspecified atom stereocenters. The number of hydrogen-bond acceptors (Lipinski definition) is 7. The lowest BCUT2D eigenvalue weighted by Crippen LogP contribution is -2.52.